The maximum Gasteiger partial charge on any atom is 0.0976 e. The van der Waals surface area contributed by atoms with E-state index < -0.39 is 0 Å². The molecule has 1 heterocycles. The Morgan fingerprint density at radius 1 is 1.35 bits per heavy atom. The average Bonchev–Trinajstić information content (AvgIpc) is 2.75. The lowest BCUT2D eigenvalue weighted by Crippen LogP contribution is -2.09. The third-order valence-electron chi connectivity index (χ3n) is 3.60. The van der Waals surface area contributed by atoms with Crippen molar-refractivity contribution < 1.29 is 0 Å². The summed E-state index contributed by atoms with van der Waals surface area (Å²) in [6.07, 6.45) is 3.15. The highest BCUT2D eigenvalue weighted by molar-refractivity contribution is 5.91. The molecule has 98 valence electrons. The summed E-state index contributed by atoms with van der Waals surface area (Å²) in [5.41, 5.74) is 3.62. The van der Waals surface area contributed by atoms with Gasteiger partial charge in [0.25, 0.3) is 0 Å². The Hall–Kier alpha value is -2.78. The largest absolute Gasteiger partial charge is 0.336 e. The first-order chi connectivity index (χ1) is 9.65. The molecule has 0 fully saturated rings. The molecule has 0 aliphatic rings. The van der Waals surface area contributed by atoms with Gasteiger partial charge in [0, 0.05) is 28.2 Å². The van der Waals surface area contributed by atoms with Crippen molar-refractivity contribution in [3.8, 4) is 12.1 Å². The highest BCUT2D eigenvalue weighted by Gasteiger charge is 2.18. The first kappa shape index (κ1) is 13.6. The number of aromatic nitrogens is 1. The Kier molecular flexibility index (Phi) is 3.73. The van der Waals surface area contributed by atoms with Gasteiger partial charge in [-0.05, 0) is 19.9 Å². The quantitative estimate of drug-likeness (QED) is 0.780. The van der Waals surface area contributed by atoms with Crippen LogP contribution in [0, 0.1) is 29.6 Å². The third-order valence-corrected chi connectivity index (χ3v) is 3.60. The minimum absolute atomic E-state index is 0.182. The summed E-state index contributed by atoms with van der Waals surface area (Å²) in [7, 11) is 0. The second-order valence-electron chi connectivity index (χ2n) is 4.61. The van der Waals surface area contributed by atoms with Gasteiger partial charge in [0.05, 0.1) is 23.8 Å². The SMILES string of the molecule is C=Cc1c(C)n([C@@H](C)/C(C#N)=C/C#N)c2ccccc12. The summed E-state index contributed by atoms with van der Waals surface area (Å²) in [5, 5.41) is 19.1. The topological polar surface area (TPSA) is 52.5 Å². The average molecular weight is 261 g/mol. The van der Waals surface area contributed by atoms with E-state index in [1.807, 2.05) is 50.3 Å². The molecular weight excluding hydrogens is 246 g/mol. The molecular formula is C17H15N3. The molecule has 0 N–H and O–H groups in total. The van der Waals surface area contributed by atoms with Gasteiger partial charge in [-0.1, -0.05) is 30.9 Å². The van der Waals surface area contributed by atoms with E-state index in [2.05, 4.69) is 17.2 Å². The number of hydrogen-bond donors (Lipinski definition) is 0. The zero-order valence-electron chi connectivity index (χ0n) is 11.6. The molecule has 1 atom stereocenters. The Morgan fingerprint density at radius 2 is 2.05 bits per heavy atom. The van der Waals surface area contributed by atoms with Gasteiger partial charge in [0.2, 0.25) is 0 Å². The van der Waals surface area contributed by atoms with Gasteiger partial charge >= 0.3 is 0 Å². The van der Waals surface area contributed by atoms with E-state index in [1.165, 1.54) is 6.08 Å². The fourth-order valence-electron chi connectivity index (χ4n) is 2.63. The Balaban J connectivity index is 2.76. The summed E-state index contributed by atoms with van der Waals surface area (Å²) in [6.45, 7) is 7.81. The molecule has 0 saturated heterocycles. The molecule has 3 nitrogen and oxygen atoms in total. The van der Waals surface area contributed by atoms with Gasteiger partial charge in [-0.15, -0.1) is 0 Å². The lowest BCUT2D eigenvalue weighted by Gasteiger charge is -2.16. The van der Waals surface area contributed by atoms with Crippen LogP contribution >= 0.6 is 0 Å². The molecule has 0 spiro atoms. The van der Waals surface area contributed by atoms with Crippen LogP contribution in [-0.2, 0) is 0 Å². The van der Waals surface area contributed by atoms with Crippen LogP contribution in [-0.4, -0.2) is 4.57 Å². The summed E-state index contributed by atoms with van der Waals surface area (Å²) in [6, 6.07) is 11.9. The third kappa shape index (κ3) is 2.00. The number of fused-ring (bicyclic) bond motifs is 1. The fraction of sp³-hybridized carbons (Fsp3) is 0.176. The lowest BCUT2D eigenvalue weighted by molar-refractivity contribution is 0.647. The van der Waals surface area contributed by atoms with Crippen molar-refractivity contribution in [3.63, 3.8) is 0 Å². The second-order valence-corrected chi connectivity index (χ2v) is 4.61. The Labute approximate surface area is 118 Å². The van der Waals surface area contributed by atoms with Crippen molar-refractivity contribution in [1.82, 2.24) is 4.57 Å². The fourth-order valence-corrected chi connectivity index (χ4v) is 2.63. The van der Waals surface area contributed by atoms with E-state index in [-0.39, 0.29) is 6.04 Å². The number of allylic oxidation sites excluding steroid dienone is 2. The molecule has 0 saturated carbocycles. The lowest BCUT2D eigenvalue weighted by atomic mass is 10.1. The van der Waals surface area contributed by atoms with Crippen LogP contribution in [0.5, 0.6) is 0 Å². The molecule has 20 heavy (non-hydrogen) atoms. The van der Waals surface area contributed by atoms with Crippen molar-refractivity contribution in [2.45, 2.75) is 19.9 Å². The first-order valence-electron chi connectivity index (χ1n) is 6.37. The summed E-state index contributed by atoms with van der Waals surface area (Å²) in [5.74, 6) is 0. The van der Waals surface area contributed by atoms with E-state index in [0.29, 0.717) is 5.57 Å². The zero-order chi connectivity index (χ0) is 14.7. The van der Waals surface area contributed by atoms with E-state index in [9.17, 15) is 5.26 Å². The molecule has 1 aromatic heterocycles. The monoisotopic (exact) mass is 261 g/mol. The van der Waals surface area contributed by atoms with Gasteiger partial charge in [0.1, 0.15) is 0 Å². The standard InChI is InChI=1S/C17H15N3/c1-4-15-13(3)20(12(2)14(11-19)9-10-18)17-8-6-5-7-16(15)17/h4-9,12H,1H2,2-3H3/b14-9+/t12-/m0/s1. The van der Waals surface area contributed by atoms with Crippen molar-refractivity contribution in [3.05, 3.63) is 53.8 Å². The van der Waals surface area contributed by atoms with E-state index in [1.54, 1.807) is 0 Å². The van der Waals surface area contributed by atoms with E-state index in [4.69, 9.17) is 5.26 Å². The maximum absolute atomic E-state index is 9.21. The van der Waals surface area contributed by atoms with Gasteiger partial charge < -0.3 is 4.57 Å². The molecule has 0 aliphatic carbocycles. The number of nitriles is 2. The molecule has 0 aliphatic heterocycles. The van der Waals surface area contributed by atoms with Crippen molar-refractivity contribution >= 4 is 17.0 Å². The van der Waals surface area contributed by atoms with E-state index >= 15 is 0 Å². The minimum atomic E-state index is -0.182. The minimum Gasteiger partial charge on any atom is -0.336 e. The molecule has 0 unspecified atom stereocenters. The molecule has 2 rings (SSSR count). The summed E-state index contributed by atoms with van der Waals surface area (Å²) in [4.78, 5) is 0. The van der Waals surface area contributed by atoms with E-state index in [0.717, 1.165) is 22.2 Å². The van der Waals surface area contributed by atoms with Crippen LogP contribution < -0.4 is 0 Å². The maximum atomic E-state index is 9.21. The second kappa shape index (κ2) is 5.47. The predicted octanol–water partition coefficient (Wildman–Crippen LogP) is 4.13. The molecule has 3 heteroatoms. The van der Waals surface area contributed by atoms with Gasteiger partial charge in [-0.3, -0.25) is 0 Å². The number of hydrogen-bond acceptors (Lipinski definition) is 2. The molecule has 2 aromatic rings. The predicted molar refractivity (Wildman–Crippen MR) is 80.8 cm³/mol. The number of para-hydroxylation sites is 1. The van der Waals surface area contributed by atoms with Crippen LogP contribution in [0.1, 0.15) is 24.2 Å². The van der Waals surface area contributed by atoms with Crippen LogP contribution in [0.4, 0.5) is 0 Å². The normalized spacial score (nSPS) is 12.7. The van der Waals surface area contributed by atoms with Crippen LogP contribution in [0.15, 0.2) is 42.5 Å². The van der Waals surface area contributed by atoms with Gasteiger partial charge in [-0.25, -0.2) is 0 Å². The van der Waals surface area contributed by atoms with Crippen LogP contribution in [0.2, 0.25) is 0 Å². The first-order valence-corrected chi connectivity index (χ1v) is 6.37. The molecule has 0 bridgehead atoms. The van der Waals surface area contributed by atoms with Crippen molar-refractivity contribution in [2.75, 3.05) is 0 Å². The highest BCUT2D eigenvalue weighted by atomic mass is 15.0. The van der Waals surface area contributed by atoms with Crippen molar-refractivity contribution in [2.24, 2.45) is 0 Å². The Morgan fingerprint density at radius 3 is 2.65 bits per heavy atom. The molecule has 0 radical (unpaired) electrons. The number of rotatable bonds is 3. The number of benzene rings is 1. The Bertz CT molecular complexity index is 779. The summed E-state index contributed by atoms with van der Waals surface area (Å²) < 4.78 is 2.08. The van der Waals surface area contributed by atoms with Crippen LogP contribution in [0.25, 0.3) is 17.0 Å². The zero-order valence-corrected chi connectivity index (χ0v) is 11.6. The molecule has 0 amide bonds. The van der Waals surface area contributed by atoms with Gasteiger partial charge in [-0.2, -0.15) is 10.5 Å². The number of nitrogens with zero attached hydrogens (tertiary/aromatic N) is 3. The van der Waals surface area contributed by atoms with Gasteiger partial charge in [0.15, 0.2) is 0 Å². The molecule has 1 aromatic carbocycles. The highest BCUT2D eigenvalue weighted by Crippen LogP contribution is 2.32. The summed E-state index contributed by atoms with van der Waals surface area (Å²) >= 11 is 0. The van der Waals surface area contributed by atoms with Crippen LogP contribution in [0.3, 0.4) is 0 Å². The van der Waals surface area contributed by atoms with Crippen molar-refractivity contribution in [1.29, 1.82) is 10.5 Å². The smallest absolute Gasteiger partial charge is 0.0976 e.